The highest BCUT2D eigenvalue weighted by Crippen LogP contribution is 2.23. The molecule has 0 aliphatic heterocycles. The lowest BCUT2D eigenvalue weighted by molar-refractivity contribution is 0.0782. The first kappa shape index (κ1) is 16.8. The Kier molecular flexibility index (Phi) is 4.89. The minimum atomic E-state index is -0.0627. The van der Waals surface area contributed by atoms with Crippen molar-refractivity contribution < 1.29 is 14.3 Å². The van der Waals surface area contributed by atoms with Gasteiger partial charge in [-0.15, -0.1) is 0 Å². The largest absolute Gasteiger partial charge is 0.497 e. The Hall–Kier alpha value is -3.01. The number of ether oxygens (including phenoxy) is 2. The summed E-state index contributed by atoms with van der Waals surface area (Å²) in [6.07, 6.45) is 0. The lowest BCUT2D eigenvalue weighted by atomic mass is 10.1. The predicted molar refractivity (Wildman–Crippen MR) is 99.3 cm³/mol. The molecule has 1 amide bonds. The highest BCUT2D eigenvalue weighted by atomic mass is 16.5. The van der Waals surface area contributed by atoms with E-state index in [0.717, 1.165) is 22.1 Å². The molecule has 128 valence electrons. The number of benzene rings is 3. The third-order valence-corrected chi connectivity index (χ3v) is 4.22. The normalized spacial score (nSPS) is 10.5. The lowest BCUT2D eigenvalue weighted by Crippen LogP contribution is -2.26. The van der Waals surface area contributed by atoms with Crippen molar-refractivity contribution >= 4 is 16.7 Å². The number of hydrogen-bond acceptors (Lipinski definition) is 3. The average Bonchev–Trinajstić information content (AvgIpc) is 2.66. The Morgan fingerprint density at radius 3 is 2.40 bits per heavy atom. The zero-order chi connectivity index (χ0) is 17.8. The van der Waals surface area contributed by atoms with Crippen LogP contribution >= 0.6 is 0 Å². The molecule has 0 saturated heterocycles. The minimum absolute atomic E-state index is 0.0627. The molecule has 3 aromatic carbocycles. The number of rotatable bonds is 5. The quantitative estimate of drug-likeness (QED) is 0.704. The molecule has 0 N–H and O–H groups in total. The van der Waals surface area contributed by atoms with Crippen molar-refractivity contribution in [2.24, 2.45) is 0 Å². The maximum absolute atomic E-state index is 12.7. The molecule has 0 spiro atoms. The maximum atomic E-state index is 12.7. The summed E-state index contributed by atoms with van der Waals surface area (Å²) in [4.78, 5) is 14.4. The summed E-state index contributed by atoms with van der Waals surface area (Å²) in [6.45, 7) is 0.527. The van der Waals surface area contributed by atoms with Crippen LogP contribution in [0.25, 0.3) is 10.8 Å². The molecule has 0 atom stereocenters. The lowest BCUT2D eigenvalue weighted by Gasteiger charge is -2.19. The molecule has 4 nitrogen and oxygen atoms in total. The molecule has 0 fully saturated rings. The van der Waals surface area contributed by atoms with Crippen LogP contribution in [-0.4, -0.2) is 32.1 Å². The van der Waals surface area contributed by atoms with Gasteiger partial charge in [-0.2, -0.15) is 0 Å². The second-order valence-electron chi connectivity index (χ2n) is 5.91. The van der Waals surface area contributed by atoms with E-state index in [1.807, 2.05) is 36.4 Å². The topological polar surface area (TPSA) is 38.8 Å². The number of para-hydroxylation sites is 1. The van der Waals surface area contributed by atoms with E-state index in [2.05, 4.69) is 12.1 Å². The molecule has 0 heterocycles. The van der Waals surface area contributed by atoms with E-state index >= 15 is 0 Å². The van der Waals surface area contributed by atoms with Crippen molar-refractivity contribution in [2.75, 3.05) is 21.3 Å². The fourth-order valence-corrected chi connectivity index (χ4v) is 2.87. The fraction of sp³-hybridized carbons (Fsp3) is 0.190. The Morgan fingerprint density at radius 2 is 1.64 bits per heavy atom. The van der Waals surface area contributed by atoms with Gasteiger partial charge in [0, 0.05) is 13.6 Å². The van der Waals surface area contributed by atoms with Crippen molar-refractivity contribution in [1.82, 2.24) is 4.90 Å². The number of methoxy groups -OCH3 is 2. The third kappa shape index (κ3) is 3.58. The molecule has 0 saturated carbocycles. The SMILES string of the molecule is COc1ccc2cc(CN(C)C(=O)c3ccccc3OC)ccc2c1. The average molecular weight is 335 g/mol. The van der Waals surface area contributed by atoms with Crippen molar-refractivity contribution in [3.05, 3.63) is 71.8 Å². The molecule has 25 heavy (non-hydrogen) atoms. The Bertz CT molecular complexity index is 905. The molecule has 0 radical (unpaired) electrons. The first-order chi connectivity index (χ1) is 12.1. The minimum Gasteiger partial charge on any atom is -0.497 e. The van der Waals surface area contributed by atoms with Crippen LogP contribution in [0.15, 0.2) is 60.7 Å². The molecule has 0 aromatic heterocycles. The summed E-state index contributed by atoms with van der Waals surface area (Å²) in [5.41, 5.74) is 1.64. The van der Waals surface area contributed by atoms with Gasteiger partial charge in [-0.3, -0.25) is 4.79 Å². The zero-order valence-corrected chi connectivity index (χ0v) is 14.7. The van der Waals surface area contributed by atoms with E-state index < -0.39 is 0 Å². The van der Waals surface area contributed by atoms with Gasteiger partial charge in [0.2, 0.25) is 0 Å². The smallest absolute Gasteiger partial charge is 0.257 e. The van der Waals surface area contributed by atoms with E-state index in [1.165, 1.54) is 0 Å². The van der Waals surface area contributed by atoms with Crippen molar-refractivity contribution in [2.45, 2.75) is 6.54 Å². The van der Waals surface area contributed by atoms with Gasteiger partial charge in [0.25, 0.3) is 5.91 Å². The highest BCUT2D eigenvalue weighted by molar-refractivity contribution is 5.96. The fourth-order valence-electron chi connectivity index (χ4n) is 2.87. The molecule has 0 aliphatic carbocycles. The van der Waals surface area contributed by atoms with Crippen LogP contribution in [0.5, 0.6) is 11.5 Å². The van der Waals surface area contributed by atoms with Crippen molar-refractivity contribution in [3.8, 4) is 11.5 Å². The summed E-state index contributed by atoms with van der Waals surface area (Å²) < 4.78 is 10.5. The molecule has 4 heteroatoms. The number of carbonyl (C=O) groups excluding carboxylic acids is 1. The van der Waals surface area contributed by atoms with Crippen LogP contribution in [0, 0.1) is 0 Å². The van der Waals surface area contributed by atoms with E-state index in [1.54, 1.807) is 38.3 Å². The van der Waals surface area contributed by atoms with E-state index in [0.29, 0.717) is 17.9 Å². The zero-order valence-electron chi connectivity index (χ0n) is 14.7. The van der Waals surface area contributed by atoms with Gasteiger partial charge in [0.15, 0.2) is 0 Å². The second-order valence-corrected chi connectivity index (χ2v) is 5.91. The van der Waals surface area contributed by atoms with Gasteiger partial charge < -0.3 is 14.4 Å². The number of amides is 1. The van der Waals surface area contributed by atoms with Gasteiger partial charge in [-0.05, 0) is 46.7 Å². The summed E-state index contributed by atoms with van der Waals surface area (Å²) in [6, 6.07) is 19.4. The van der Waals surface area contributed by atoms with E-state index in [9.17, 15) is 4.79 Å². The number of nitrogens with zero attached hydrogens (tertiary/aromatic N) is 1. The molecule has 3 rings (SSSR count). The third-order valence-electron chi connectivity index (χ3n) is 4.22. The molecule has 0 bridgehead atoms. The van der Waals surface area contributed by atoms with Crippen LogP contribution in [0.3, 0.4) is 0 Å². The van der Waals surface area contributed by atoms with Crippen molar-refractivity contribution in [3.63, 3.8) is 0 Å². The maximum Gasteiger partial charge on any atom is 0.257 e. The van der Waals surface area contributed by atoms with Gasteiger partial charge >= 0.3 is 0 Å². The Labute approximate surface area is 147 Å². The first-order valence-corrected chi connectivity index (χ1v) is 8.07. The predicted octanol–water partition coefficient (Wildman–Crippen LogP) is 4.13. The summed E-state index contributed by atoms with van der Waals surface area (Å²) in [5, 5.41) is 2.23. The molecular formula is C21H21NO3. The van der Waals surface area contributed by atoms with E-state index in [-0.39, 0.29) is 5.91 Å². The summed E-state index contributed by atoms with van der Waals surface area (Å²) in [5.74, 6) is 1.36. The van der Waals surface area contributed by atoms with Gasteiger partial charge in [-0.25, -0.2) is 0 Å². The highest BCUT2D eigenvalue weighted by Gasteiger charge is 2.16. The van der Waals surface area contributed by atoms with Crippen LogP contribution in [-0.2, 0) is 6.54 Å². The number of hydrogen-bond donors (Lipinski definition) is 0. The molecule has 3 aromatic rings. The van der Waals surface area contributed by atoms with Gasteiger partial charge in [0.1, 0.15) is 11.5 Å². The number of fused-ring (bicyclic) bond motifs is 1. The van der Waals surface area contributed by atoms with Crippen LogP contribution in [0.4, 0.5) is 0 Å². The van der Waals surface area contributed by atoms with E-state index in [4.69, 9.17) is 9.47 Å². The monoisotopic (exact) mass is 335 g/mol. The van der Waals surface area contributed by atoms with Gasteiger partial charge in [0.05, 0.1) is 19.8 Å². The standard InChI is InChI=1S/C21H21NO3/c1-22(21(23)19-6-4-5-7-20(19)25-3)14-15-8-9-17-13-18(24-2)11-10-16(17)12-15/h4-13H,14H2,1-3H3. The second kappa shape index (κ2) is 7.26. The summed E-state index contributed by atoms with van der Waals surface area (Å²) in [7, 11) is 5.03. The van der Waals surface area contributed by atoms with Crippen LogP contribution < -0.4 is 9.47 Å². The van der Waals surface area contributed by atoms with Crippen LogP contribution in [0.2, 0.25) is 0 Å². The Morgan fingerprint density at radius 1 is 0.920 bits per heavy atom. The van der Waals surface area contributed by atoms with Crippen molar-refractivity contribution in [1.29, 1.82) is 0 Å². The summed E-state index contributed by atoms with van der Waals surface area (Å²) >= 11 is 0. The molecule has 0 unspecified atom stereocenters. The van der Waals surface area contributed by atoms with Crippen LogP contribution in [0.1, 0.15) is 15.9 Å². The Balaban J connectivity index is 1.81. The van der Waals surface area contributed by atoms with Gasteiger partial charge in [-0.1, -0.05) is 30.3 Å². The molecular weight excluding hydrogens is 314 g/mol. The molecule has 0 aliphatic rings. The number of carbonyl (C=O) groups is 1. The first-order valence-electron chi connectivity index (χ1n) is 8.07.